The molecule has 1 N–H and O–H groups in total. The first-order valence-electron chi connectivity index (χ1n) is 9.93. The van der Waals surface area contributed by atoms with E-state index in [0.29, 0.717) is 23.3 Å². The molecule has 3 aromatic carbocycles. The summed E-state index contributed by atoms with van der Waals surface area (Å²) in [6, 6.07) is 16.2. The molecule has 0 aliphatic heterocycles. The average molecular weight is 432 g/mol. The lowest BCUT2D eigenvalue weighted by atomic mass is 9.91. The van der Waals surface area contributed by atoms with Gasteiger partial charge in [0.15, 0.2) is 0 Å². The number of ether oxygens (including phenoxy) is 2. The Morgan fingerprint density at radius 3 is 2.55 bits per heavy atom. The fourth-order valence-corrected chi connectivity index (χ4v) is 3.99. The molecule has 0 saturated carbocycles. The molecule has 0 amide bonds. The molecule has 154 valence electrons. The van der Waals surface area contributed by atoms with Gasteiger partial charge in [-0.1, -0.05) is 60.5 Å². The van der Waals surface area contributed by atoms with Crippen molar-refractivity contribution in [3.8, 4) is 16.9 Å². The van der Waals surface area contributed by atoms with Crippen molar-refractivity contribution < 1.29 is 9.47 Å². The number of benzene rings is 3. The maximum absolute atomic E-state index is 6.63. The Morgan fingerprint density at radius 1 is 1.03 bits per heavy atom. The third kappa shape index (κ3) is 5.04. The molecule has 0 spiro atoms. The van der Waals surface area contributed by atoms with Gasteiger partial charge in [-0.05, 0) is 48.9 Å². The Kier molecular flexibility index (Phi) is 7.79. The number of fused-ring (bicyclic) bond motifs is 1. The van der Waals surface area contributed by atoms with Gasteiger partial charge in [-0.2, -0.15) is 0 Å². The van der Waals surface area contributed by atoms with E-state index in [1.54, 1.807) is 13.2 Å². The van der Waals surface area contributed by atoms with Gasteiger partial charge in [-0.3, -0.25) is 0 Å². The molecule has 0 radical (unpaired) electrons. The normalized spacial score (nSPS) is 12.3. The molecule has 3 nitrogen and oxygen atoms in total. The Morgan fingerprint density at radius 2 is 1.83 bits per heavy atom. The van der Waals surface area contributed by atoms with Gasteiger partial charge in [-0.15, -0.1) is 0 Å². The van der Waals surface area contributed by atoms with E-state index in [9.17, 15) is 0 Å². The van der Waals surface area contributed by atoms with Crippen LogP contribution in [0.1, 0.15) is 31.9 Å². The fraction of sp³-hybridized carbons (Fsp3) is 0.333. The molecule has 3 rings (SSSR count). The first-order chi connectivity index (χ1) is 14.1. The van der Waals surface area contributed by atoms with Gasteiger partial charge in [0.1, 0.15) is 12.4 Å². The van der Waals surface area contributed by atoms with Crippen LogP contribution in [0, 0.1) is 0 Å². The standard InChI is InChI=1S/C24H27Cl2NO2/c1-4-11-27-16(2)21-14-17-7-5-6-8-19(17)23(24(21)29-13-12-28-3)20-10-9-18(25)15-22(20)26/h5-10,14-16,27H,4,11-13H2,1-3H3. The number of nitrogens with one attached hydrogen (secondary N) is 1. The smallest absolute Gasteiger partial charge is 0.132 e. The molecular formula is C24H27Cl2NO2. The third-order valence-corrected chi connectivity index (χ3v) is 5.48. The molecule has 0 heterocycles. The summed E-state index contributed by atoms with van der Waals surface area (Å²) in [7, 11) is 1.67. The molecule has 0 saturated heterocycles. The van der Waals surface area contributed by atoms with Crippen molar-refractivity contribution in [2.45, 2.75) is 26.3 Å². The lowest BCUT2D eigenvalue weighted by Gasteiger charge is -2.23. The van der Waals surface area contributed by atoms with Crippen molar-refractivity contribution in [2.24, 2.45) is 0 Å². The largest absolute Gasteiger partial charge is 0.490 e. The third-order valence-electron chi connectivity index (χ3n) is 4.93. The van der Waals surface area contributed by atoms with Crippen molar-refractivity contribution in [3.63, 3.8) is 0 Å². The lowest BCUT2D eigenvalue weighted by molar-refractivity contribution is 0.146. The minimum absolute atomic E-state index is 0.127. The molecule has 3 aromatic rings. The second kappa shape index (κ2) is 10.3. The van der Waals surface area contributed by atoms with Crippen LogP contribution < -0.4 is 10.1 Å². The number of hydrogen-bond acceptors (Lipinski definition) is 3. The van der Waals surface area contributed by atoms with Crippen LogP contribution in [-0.2, 0) is 4.74 Å². The maximum atomic E-state index is 6.63. The molecule has 0 aliphatic rings. The summed E-state index contributed by atoms with van der Waals surface area (Å²) in [6.45, 7) is 6.23. The molecule has 0 aromatic heterocycles. The summed E-state index contributed by atoms with van der Waals surface area (Å²) in [5.41, 5.74) is 3.00. The number of methoxy groups -OCH3 is 1. The van der Waals surface area contributed by atoms with Gasteiger partial charge in [-0.25, -0.2) is 0 Å². The summed E-state index contributed by atoms with van der Waals surface area (Å²) < 4.78 is 11.5. The SMILES string of the molecule is CCCNC(C)c1cc2ccccc2c(-c2ccc(Cl)cc2Cl)c1OCCOC. The van der Waals surface area contributed by atoms with Crippen molar-refractivity contribution in [2.75, 3.05) is 26.9 Å². The quantitative estimate of drug-likeness (QED) is 0.373. The molecule has 5 heteroatoms. The Balaban J connectivity index is 2.27. The van der Waals surface area contributed by atoms with Gasteiger partial charge < -0.3 is 14.8 Å². The first kappa shape index (κ1) is 21.9. The highest BCUT2D eigenvalue weighted by atomic mass is 35.5. The maximum Gasteiger partial charge on any atom is 0.132 e. The average Bonchev–Trinajstić information content (AvgIpc) is 2.72. The zero-order valence-corrected chi connectivity index (χ0v) is 18.6. The van der Waals surface area contributed by atoms with Crippen LogP contribution in [0.4, 0.5) is 0 Å². The monoisotopic (exact) mass is 431 g/mol. The summed E-state index contributed by atoms with van der Waals surface area (Å²) in [4.78, 5) is 0. The summed E-state index contributed by atoms with van der Waals surface area (Å²) in [6.07, 6.45) is 1.06. The number of rotatable bonds is 9. The second-order valence-corrected chi connectivity index (χ2v) is 7.88. The van der Waals surface area contributed by atoms with Gasteiger partial charge in [0.05, 0.1) is 11.6 Å². The van der Waals surface area contributed by atoms with E-state index >= 15 is 0 Å². The summed E-state index contributed by atoms with van der Waals surface area (Å²) in [5, 5.41) is 7.03. The predicted molar refractivity (Wildman–Crippen MR) is 123 cm³/mol. The van der Waals surface area contributed by atoms with Crippen LogP contribution in [0.2, 0.25) is 10.0 Å². The van der Waals surface area contributed by atoms with Crippen LogP contribution in [0.5, 0.6) is 5.75 Å². The number of hydrogen-bond donors (Lipinski definition) is 1. The van der Waals surface area contributed by atoms with Gasteiger partial charge in [0.2, 0.25) is 0 Å². The highest BCUT2D eigenvalue weighted by Crippen LogP contribution is 2.45. The first-order valence-corrected chi connectivity index (χ1v) is 10.7. The molecule has 0 bridgehead atoms. The Bertz CT molecular complexity index is 974. The van der Waals surface area contributed by atoms with E-state index in [0.717, 1.165) is 46.2 Å². The van der Waals surface area contributed by atoms with Crippen LogP contribution in [0.15, 0.2) is 48.5 Å². The highest BCUT2D eigenvalue weighted by molar-refractivity contribution is 6.36. The van der Waals surface area contributed by atoms with Gasteiger partial charge in [0, 0.05) is 34.9 Å². The molecule has 0 fully saturated rings. The van der Waals surface area contributed by atoms with E-state index in [4.69, 9.17) is 32.7 Å². The van der Waals surface area contributed by atoms with E-state index in [1.807, 2.05) is 18.2 Å². The summed E-state index contributed by atoms with van der Waals surface area (Å²) >= 11 is 12.8. The topological polar surface area (TPSA) is 30.5 Å². The molecular weight excluding hydrogens is 405 g/mol. The van der Waals surface area contributed by atoms with Crippen molar-refractivity contribution in [1.82, 2.24) is 5.32 Å². The molecule has 1 unspecified atom stereocenters. The molecule has 1 atom stereocenters. The van der Waals surface area contributed by atoms with Crippen molar-refractivity contribution in [1.29, 1.82) is 0 Å². The second-order valence-electron chi connectivity index (χ2n) is 7.03. The zero-order valence-electron chi connectivity index (χ0n) is 17.1. The predicted octanol–water partition coefficient (Wildman–Crippen LogP) is 6.90. The van der Waals surface area contributed by atoms with E-state index < -0.39 is 0 Å². The van der Waals surface area contributed by atoms with Gasteiger partial charge in [0.25, 0.3) is 0 Å². The van der Waals surface area contributed by atoms with Crippen molar-refractivity contribution >= 4 is 34.0 Å². The van der Waals surface area contributed by atoms with E-state index in [-0.39, 0.29) is 6.04 Å². The van der Waals surface area contributed by atoms with Gasteiger partial charge >= 0.3 is 0 Å². The summed E-state index contributed by atoms with van der Waals surface area (Å²) in [5.74, 6) is 0.834. The minimum atomic E-state index is 0.127. The van der Waals surface area contributed by atoms with Crippen LogP contribution in [0.3, 0.4) is 0 Å². The van der Waals surface area contributed by atoms with E-state index in [2.05, 4.69) is 43.4 Å². The fourth-order valence-electron chi connectivity index (χ4n) is 3.48. The lowest BCUT2D eigenvalue weighted by Crippen LogP contribution is -2.20. The van der Waals surface area contributed by atoms with Crippen molar-refractivity contribution in [3.05, 3.63) is 64.1 Å². The highest BCUT2D eigenvalue weighted by Gasteiger charge is 2.21. The molecule has 0 aliphatic carbocycles. The van der Waals surface area contributed by atoms with Crippen LogP contribution in [0.25, 0.3) is 21.9 Å². The van der Waals surface area contributed by atoms with Crippen LogP contribution in [-0.4, -0.2) is 26.9 Å². The number of halogens is 2. The molecule has 29 heavy (non-hydrogen) atoms. The zero-order chi connectivity index (χ0) is 20.8. The van der Waals surface area contributed by atoms with Crippen LogP contribution >= 0.6 is 23.2 Å². The minimum Gasteiger partial charge on any atom is -0.490 e. The van der Waals surface area contributed by atoms with E-state index in [1.165, 1.54) is 0 Å². The Hall–Kier alpha value is -1.78. The Labute approximate surface area is 182 Å².